The number of aryl methyl sites for hydroxylation is 1. The van der Waals surface area contributed by atoms with Crippen LogP contribution in [0.2, 0.25) is 0 Å². The summed E-state index contributed by atoms with van der Waals surface area (Å²) in [7, 11) is -6.95. The molecule has 0 bridgehead atoms. The second-order valence-electron chi connectivity index (χ2n) is 9.09. The van der Waals surface area contributed by atoms with Crippen molar-refractivity contribution >= 4 is 31.6 Å². The third-order valence-corrected chi connectivity index (χ3v) is 9.37. The van der Waals surface area contributed by atoms with Crippen LogP contribution in [-0.2, 0) is 31.3 Å². The maximum absolute atomic E-state index is 12.7. The molecule has 3 rings (SSSR count). The summed E-state index contributed by atoms with van der Waals surface area (Å²) < 4.78 is 58.4. The molecule has 1 aliphatic rings. The number of amides is 1. The lowest BCUT2D eigenvalue weighted by Crippen LogP contribution is -2.35. The van der Waals surface area contributed by atoms with E-state index in [0.717, 1.165) is 37.5 Å². The monoisotopic (exact) mass is 551 g/mol. The van der Waals surface area contributed by atoms with Gasteiger partial charge < -0.3 is 10.1 Å². The zero-order valence-electron chi connectivity index (χ0n) is 21.6. The lowest BCUT2D eigenvalue weighted by atomic mass is 10.1. The molecule has 1 aliphatic heterocycles. The zero-order chi connectivity index (χ0) is 26.9. The number of carbonyl (C=O) groups excluding carboxylic acids is 1. The average Bonchev–Trinajstić information content (AvgIpc) is 2.89. The van der Waals surface area contributed by atoms with Crippen molar-refractivity contribution in [2.24, 2.45) is 0 Å². The van der Waals surface area contributed by atoms with Gasteiger partial charge in [-0.2, -0.15) is 4.31 Å². The van der Waals surface area contributed by atoms with E-state index < -0.39 is 20.0 Å². The zero-order valence-corrected chi connectivity index (χ0v) is 23.2. The Balaban J connectivity index is 1.40. The number of nitrogens with one attached hydrogen (secondary N) is 1. The van der Waals surface area contributed by atoms with Crippen molar-refractivity contribution in [2.45, 2.75) is 50.3 Å². The minimum atomic E-state index is -3.48. The number of benzene rings is 2. The highest BCUT2D eigenvalue weighted by molar-refractivity contribution is 7.92. The summed E-state index contributed by atoms with van der Waals surface area (Å²) in [5.41, 5.74) is 1.71. The smallest absolute Gasteiger partial charge is 0.243 e. The first-order chi connectivity index (χ1) is 17.6. The second-order valence-corrected chi connectivity index (χ2v) is 12.9. The molecule has 9 nitrogen and oxygen atoms in total. The van der Waals surface area contributed by atoms with E-state index in [1.807, 2.05) is 19.1 Å². The molecule has 1 saturated heterocycles. The van der Waals surface area contributed by atoms with E-state index in [9.17, 15) is 21.6 Å². The molecule has 11 heteroatoms. The molecule has 1 fully saturated rings. The van der Waals surface area contributed by atoms with Crippen LogP contribution in [0.4, 0.5) is 5.69 Å². The van der Waals surface area contributed by atoms with Gasteiger partial charge in [0.15, 0.2) is 0 Å². The fraction of sp³-hybridized carbons (Fsp3) is 0.500. The molecule has 0 aliphatic carbocycles. The summed E-state index contributed by atoms with van der Waals surface area (Å²) in [5.74, 6) is 0.325. The van der Waals surface area contributed by atoms with Crippen molar-refractivity contribution in [1.29, 1.82) is 0 Å². The quantitative estimate of drug-likeness (QED) is 0.383. The molecule has 0 atom stereocenters. The molecular formula is C26H37N3O6S2. The van der Waals surface area contributed by atoms with E-state index >= 15 is 0 Å². The van der Waals surface area contributed by atoms with Crippen molar-refractivity contribution in [3.8, 4) is 5.75 Å². The highest BCUT2D eigenvalue weighted by Gasteiger charge is 2.25. The largest absolute Gasteiger partial charge is 0.492 e. The van der Waals surface area contributed by atoms with Crippen LogP contribution >= 0.6 is 0 Å². The third-order valence-electron chi connectivity index (χ3n) is 6.27. The van der Waals surface area contributed by atoms with Gasteiger partial charge in [-0.1, -0.05) is 25.5 Å². The minimum Gasteiger partial charge on any atom is -0.492 e. The Hall–Kier alpha value is -2.63. The van der Waals surface area contributed by atoms with Crippen LogP contribution in [0.1, 0.15) is 44.6 Å². The summed E-state index contributed by atoms with van der Waals surface area (Å²) in [6.45, 7) is 3.86. The highest BCUT2D eigenvalue weighted by atomic mass is 32.2. The Bertz CT molecular complexity index is 1220. The standard InChI is InChI=1S/C26H37N3O6S2/c1-3-22-9-11-23(12-10-22)29(36(2,31)32)20-7-8-26(30)27-17-21-35-24-13-15-25(16-14-24)37(33,34)28-18-5-4-6-19-28/h9-16H,3-8,17-21H2,1-2H3,(H,27,30). The first kappa shape index (κ1) is 28.9. The van der Waals surface area contributed by atoms with E-state index in [4.69, 9.17) is 4.74 Å². The van der Waals surface area contributed by atoms with Gasteiger partial charge in [-0.25, -0.2) is 16.8 Å². The number of anilines is 1. The van der Waals surface area contributed by atoms with Crippen LogP contribution in [0.25, 0.3) is 0 Å². The molecule has 0 unspecified atom stereocenters. The molecule has 204 valence electrons. The summed E-state index contributed by atoms with van der Waals surface area (Å²) in [5, 5.41) is 2.76. The van der Waals surface area contributed by atoms with Gasteiger partial charge in [0.05, 0.1) is 23.4 Å². The lowest BCUT2D eigenvalue weighted by Gasteiger charge is -2.25. The van der Waals surface area contributed by atoms with Gasteiger partial charge >= 0.3 is 0 Å². The number of ether oxygens (including phenoxy) is 1. The number of hydrogen-bond donors (Lipinski definition) is 1. The normalized spacial score (nSPS) is 14.8. The second kappa shape index (κ2) is 13.3. The molecule has 1 heterocycles. The van der Waals surface area contributed by atoms with Gasteiger partial charge in [0.25, 0.3) is 0 Å². The topological polar surface area (TPSA) is 113 Å². The average molecular weight is 552 g/mol. The third kappa shape index (κ3) is 8.44. The van der Waals surface area contributed by atoms with E-state index in [-0.39, 0.29) is 36.9 Å². The van der Waals surface area contributed by atoms with Crippen LogP contribution in [0.3, 0.4) is 0 Å². The number of piperidine rings is 1. The Morgan fingerprint density at radius 3 is 2.22 bits per heavy atom. The maximum atomic E-state index is 12.7. The van der Waals surface area contributed by atoms with Gasteiger partial charge in [0.1, 0.15) is 12.4 Å². The number of nitrogens with zero attached hydrogens (tertiary/aromatic N) is 2. The fourth-order valence-electron chi connectivity index (χ4n) is 4.18. The molecule has 1 amide bonds. The molecule has 0 spiro atoms. The van der Waals surface area contributed by atoms with Gasteiger partial charge in [-0.3, -0.25) is 9.10 Å². The van der Waals surface area contributed by atoms with Crippen molar-refractivity contribution in [2.75, 3.05) is 43.3 Å². The first-order valence-electron chi connectivity index (χ1n) is 12.7. The van der Waals surface area contributed by atoms with Crippen LogP contribution < -0.4 is 14.4 Å². The van der Waals surface area contributed by atoms with Gasteiger partial charge in [0, 0.05) is 26.1 Å². The number of rotatable bonds is 13. The molecular weight excluding hydrogens is 514 g/mol. The number of carbonyl (C=O) groups is 1. The predicted octanol–water partition coefficient (Wildman–Crippen LogP) is 3.17. The van der Waals surface area contributed by atoms with Crippen molar-refractivity contribution < 1.29 is 26.4 Å². The van der Waals surface area contributed by atoms with E-state index in [0.29, 0.717) is 30.9 Å². The number of sulfonamides is 2. The lowest BCUT2D eigenvalue weighted by molar-refractivity contribution is -0.121. The molecule has 0 radical (unpaired) electrons. The Kier molecular flexibility index (Phi) is 10.4. The molecule has 37 heavy (non-hydrogen) atoms. The Morgan fingerprint density at radius 2 is 1.62 bits per heavy atom. The first-order valence-corrected chi connectivity index (χ1v) is 16.0. The Labute approximate surface area is 220 Å². The highest BCUT2D eigenvalue weighted by Crippen LogP contribution is 2.23. The molecule has 2 aromatic carbocycles. The van der Waals surface area contributed by atoms with Crippen LogP contribution in [-0.4, -0.2) is 66.1 Å². The van der Waals surface area contributed by atoms with E-state index in [1.54, 1.807) is 36.4 Å². The van der Waals surface area contributed by atoms with E-state index in [2.05, 4.69) is 5.32 Å². The Morgan fingerprint density at radius 1 is 0.973 bits per heavy atom. The van der Waals surface area contributed by atoms with Crippen LogP contribution in [0.5, 0.6) is 5.75 Å². The summed E-state index contributed by atoms with van der Waals surface area (Å²) in [4.78, 5) is 12.5. The fourth-order valence-corrected chi connectivity index (χ4v) is 6.66. The number of hydrogen-bond acceptors (Lipinski definition) is 6. The summed E-state index contributed by atoms with van der Waals surface area (Å²) in [6.07, 6.45) is 5.42. The van der Waals surface area contributed by atoms with Gasteiger partial charge in [0.2, 0.25) is 26.0 Å². The predicted molar refractivity (Wildman–Crippen MR) is 145 cm³/mol. The van der Waals surface area contributed by atoms with Crippen molar-refractivity contribution in [3.05, 3.63) is 54.1 Å². The maximum Gasteiger partial charge on any atom is 0.243 e. The van der Waals surface area contributed by atoms with Gasteiger partial charge in [-0.15, -0.1) is 0 Å². The van der Waals surface area contributed by atoms with Crippen LogP contribution in [0.15, 0.2) is 53.4 Å². The van der Waals surface area contributed by atoms with Crippen molar-refractivity contribution in [3.63, 3.8) is 0 Å². The molecule has 1 N–H and O–H groups in total. The molecule has 0 saturated carbocycles. The summed E-state index contributed by atoms with van der Waals surface area (Å²) >= 11 is 0. The minimum absolute atomic E-state index is 0.183. The SMILES string of the molecule is CCc1ccc(N(CCCC(=O)NCCOc2ccc(S(=O)(=O)N3CCCCC3)cc2)S(C)(=O)=O)cc1. The molecule has 2 aromatic rings. The van der Waals surface area contributed by atoms with E-state index in [1.165, 1.54) is 8.61 Å². The van der Waals surface area contributed by atoms with Crippen LogP contribution in [0, 0.1) is 0 Å². The van der Waals surface area contributed by atoms with Gasteiger partial charge in [-0.05, 0) is 67.6 Å². The molecule has 0 aromatic heterocycles. The van der Waals surface area contributed by atoms with Crippen molar-refractivity contribution in [1.82, 2.24) is 9.62 Å². The summed E-state index contributed by atoms with van der Waals surface area (Å²) in [6, 6.07) is 13.7.